The van der Waals surface area contributed by atoms with Crippen molar-refractivity contribution in [3.05, 3.63) is 47.2 Å². The quantitative estimate of drug-likeness (QED) is 0.720. The summed E-state index contributed by atoms with van der Waals surface area (Å²) < 4.78 is 0. The molecule has 5 heteroatoms. The van der Waals surface area contributed by atoms with Crippen LogP contribution in [0.25, 0.3) is 10.8 Å². The highest BCUT2D eigenvalue weighted by Gasteiger charge is 2.09. The van der Waals surface area contributed by atoms with E-state index in [9.17, 15) is 0 Å². The number of hydrogen-bond acceptors (Lipinski definition) is 5. The van der Waals surface area contributed by atoms with Crippen molar-refractivity contribution in [2.24, 2.45) is 0 Å². The normalized spacial score (nSPS) is 12.4. The Morgan fingerprint density at radius 3 is 2.95 bits per heavy atom. The molecule has 2 heterocycles. The number of fused-ring (bicyclic) bond motifs is 1. The molecule has 3 rings (SSSR count). The van der Waals surface area contributed by atoms with Crippen LogP contribution >= 0.6 is 11.3 Å². The molecule has 0 aliphatic heterocycles. The predicted molar refractivity (Wildman–Crippen MR) is 85.2 cm³/mol. The molecule has 0 saturated heterocycles. The number of hydrogen-bond donors (Lipinski definition) is 2. The third-order valence-electron chi connectivity index (χ3n) is 3.32. The molecule has 0 saturated carbocycles. The number of nitrogens with zero attached hydrogens (tertiary/aromatic N) is 2. The van der Waals surface area contributed by atoms with Gasteiger partial charge in [0.15, 0.2) is 0 Å². The van der Waals surface area contributed by atoms with Crippen LogP contribution in [0.3, 0.4) is 0 Å². The molecule has 0 spiro atoms. The largest absolute Gasteiger partial charge is 0.398 e. The number of nitrogens with one attached hydrogen (secondary N) is 1. The van der Waals surface area contributed by atoms with Crippen LogP contribution in [0.4, 0.5) is 11.4 Å². The lowest BCUT2D eigenvalue weighted by Crippen LogP contribution is -2.10. The number of thiazole rings is 1. The van der Waals surface area contributed by atoms with Crippen molar-refractivity contribution in [1.82, 2.24) is 9.97 Å². The summed E-state index contributed by atoms with van der Waals surface area (Å²) in [5, 5.41) is 8.72. The molecule has 0 bridgehead atoms. The summed E-state index contributed by atoms with van der Waals surface area (Å²) >= 11 is 1.69. The number of benzene rings is 1. The molecular formula is C15H16N4S. The van der Waals surface area contributed by atoms with Crippen molar-refractivity contribution in [3.8, 4) is 0 Å². The first-order valence-electron chi connectivity index (χ1n) is 6.51. The van der Waals surface area contributed by atoms with Crippen LogP contribution in [0, 0.1) is 0 Å². The molecule has 3 aromatic rings. The third-order valence-corrected chi connectivity index (χ3v) is 4.33. The van der Waals surface area contributed by atoms with Crippen molar-refractivity contribution >= 4 is 33.5 Å². The number of nitrogens with two attached hydrogens (primary N) is 1. The molecule has 0 amide bonds. The molecule has 1 atom stereocenters. The van der Waals surface area contributed by atoms with Gasteiger partial charge in [0.1, 0.15) is 0 Å². The molecule has 20 heavy (non-hydrogen) atoms. The highest BCUT2D eigenvalue weighted by atomic mass is 32.1. The first-order chi connectivity index (χ1) is 9.75. The molecular weight excluding hydrogens is 268 g/mol. The minimum atomic E-state index is 0.374. The van der Waals surface area contributed by atoms with E-state index >= 15 is 0 Å². The summed E-state index contributed by atoms with van der Waals surface area (Å²) in [5.41, 5.74) is 7.83. The molecule has 0 aliphatic rings. The van der Waals surface area contributed by atoms with Crippen molar-refractivity contribution in [2.75, 3.05) is 17.6 Å². The zero-order valence-corrected chi connectivity index (χ0v) is 12.0. The van der Waals surface area contributed by atoms with Crippen LogP contribution in [0.15, 0.2) is 42.2 Å². The van der Waals surface area contributed by atoms with E-state index < -0.39 is 0 Å². The molecule has 3 N–H and O–H groups in total. The molecule has 1 unspecified atom stereocenters. The Morgan fingerprint density at radius 2 is 2.15 bits per heavy atom. The van der Waals surface area contributed by atoms with Crippen LogP contribution in [-0.4, -0.2) is 16.5 Å². The van der Waals surface area contributed by atoms with Gasteiger partial charge in [-0.05, 0) is 18.2 Å². The summed E-state index contributed by atoms with van der Waals surface area (Å²) in [6.07, 6.45) is 5.46. The van der Waals surface area contributed by atoms with E-state index in [1.807, 2.05) is 36.0 Å². The highest BCUT2D eigenvalue weighted by Crippen LogP contribution is 2.28. The van der Waals surface area contributed by atoms with Gasteiger partial charge in [0.05, 0.1) is 5.01 Å². The Labute approximate surface area is 121 Å². The first-order valence-corrected chi connectivity index (χ1v) is 7.39. The average molecular weight is 284 g/mol. The molecule has 0 radical (unpaired) electrons. The second-order valence-electron chi connectivity index (χ2n) is 4.78. The Morgan fingerprint density at radius 1 is 1.25 bits per heavy atom. The fourth-order valence-corrected chi connectivity index (χ4v) is 2.89. The van der Waals surface area contributed by atoms with Gasteiger partial charge in [-0.25, -0.2) is 4.98 Å². The van der Waals surface area contributed by atoms with Gasteiger partial charge in [0.25, 0.3) is 0 Å². The minimum absolute atomic E-state index is 0.374. The van der Waals surface area contributed by atoms with Crippen LogP contribution in [0.2, 0.25) is 0 Å². The summed E-state index contributed by atoms with van der Waals surface area (Å²) in [5.74, 6) is 0.374. The minimum Gasteiger partial charge on any atom is -0.398 e. The van der Waals surface area contributed by atoms with Gasteiger partial charge in [0, 0.05) is 58.6 Å². The van der Waals surface area contributed by atoms with Crippen LogP contribution in [-0.2, 0) is 0 Å². The third kappa shape index (κ3) is 2.44. The second kappa shape index (κ2) is 5.46. The summed E-state index contributed by atoms with van der Waals surface area (Å²) in [7, 11) is 0. The van der Waals surface area contributed by atoms with Gasteiger partial charge in [-0.3, -0.25) is 4.98 Å². The van der Waals surface area contributed by atoms with E-state index in [0.29, 0.717) is 5.92 Å². The Balaban J connectivity index is 1.83. The predicted octanol–water partition coefficient (Wildman–Crippen LogP) is 3.49. The molecule has 4 nitrogen and oxygen atoms in total. The lowest BCUT2D eigenvalue weighted by molar-refractivity contribution is 0.796. The highest BCUT2D eigenvalue weighted by molar-refractivity contribution is 7.09. The topological polar surface area (TPSA) is 63.8 Å². The van der Waals surface area contributed by atoms with Crippen LogP contribution in [0.1, 0.15) is 17.8 Å². The maximum Gasteiger partial charge on any atom is 0.0970 e. The maximum absolute atomic E-state index is 5.99. The van der Waals surface area contributed by atoms with E-state index in [1.165, 1.54) is 0 Å². The van der Waals surface area contributed by atoms with Crippen molar-refractivity contribution < 1.29 is 0 Å². The van der Waals surface area contributed by atoms with Gasteiger partial charge in [-0.1, -0.05) is 6.92 Å². The number of anilines is 2. The van der Waals surface area contributed by atoms with Gasteiger partial charge >= 0.3 is 0 Å². The molecule has 0 fully saturated rings. The molecule has 0 aliphatic carbocycles. The number of aromatic nitrogens is 2. The summed E-state index contributed by atoms with van der Waals surface area (Å²) in [6, 6.07) is 5.88. The monoisotopic (exact) mass is 284 g/mol. The second-order valence-corrected chi connectivity index (χ2v) is 5.70. The Kier molecular flexibility index (Phi) is 3.52. The first kappa shape index (κ1) is 12.9. The smallest absolute Gasteiger partial charge is 0.0970 e. The van der Waals surface area contributed by atoms with E-state index in [0.717, 1.165) is 33.7 Å². The number of pyridine rings is 1. The Bertz CT molecular complexity index is 709. The molecule has 1 aromatic carbocycles. The van der Waals surface area contributed by atoms with E-state index in [1.54, 1.807) is 17.5 Å². The average Bonchev–Trinajstić information content (AvgIpc) is 3.01. The van der Waals surface area contributed by atoms with Gasteiger partial charge in [0.2, 0.25) is 0 Å². The van der Waals surface area contributed by atoms with Gasteiger partial charge in [-0.15, -0.1) is 11.3 Å². The van der Waals surface area contributed by atoms with E-state index in [4.69, 9.17) is 5.73 Å². The Hall–Kier alpha value is -2.14. The lowest BCUT2D eigenvalue weighted by atomic mass is 10.1. The fraction of sp³-hybridized carbons (Fsp3) is 0.200. The maximum atomic E-state index is 5.99. The van der Waals surface area contributed by atoms with E-state index in [-0.39, 0.29) is 0 Å². The van der Waals surface area contributed by atoms with Crippen LogP contribution in [0.5, 0.6) is 0 Å². The number of rotatable bonds is 4. The van der Waals surface area contributed by atoms with Crippen molar-refractivity contribution in [3.63, 3.8) is 0 Å². The zero-order chi connectivity index (χ0) is 13.9. The van der Waals surface area contributed by atoms with Gasteiger partial charge < -0.3 is 11.1 Å². The summed E-state index contributed by atoms with van der Waals surface area (Å²) in [6.45, 7) is 3.00. The molecule has 102 valence electrons. The fourth-order valence-electron chi connectivity index (χ4n) is 2.20. The SMILES string of the molecule is CC(CNc1ccc(N)c2ccncc12)c1nccs1. The van der Waals surface area contributed by atoms with E-state index in [2.05, 4.69) is 22.2 Å². The van der Waals surface area contributed by atoms with Crippen LogP contribution < -0.4 is 11.1 Å². The zero-order valence-electron chi connectivity index (χ0n) is 11.2. The number of nitrogen functional groups attached to an aromatic ring is 1. The van der Waals surface area contributed by atoms with Crippen molar-refractivity contribution in [2.45, 2.75) is 12.8 Å². The van der Waals surface area contributed by atoms with Gasteiger partial charge in [-0.2, -0.15) is 0 Å². The standard InChI is InChI=1S/C15H16N4S/c1-10(15-18-6-7-20-15)8-19-14-3-2-13(16)11-4-5-17-9-12(11)14/h2-7,9-10,19H,8,16H2,1H3. The summed E-state index contributed by atoms with van der Waals surface area (Å²) in [4.78, 5) is 8.54. The lowest BCUT2D eigenvalue weighted by Gasteiger charge is -2.14. The van der Waals surface area contributed by atoms with Crippen molar-refractivity contribution in [1.29, 1.82) is 0 Å². The molecule has 2 aromatic heterocycles.